The first-order chi connectivity index (χ1) is 12.1. The number of rotatable bonds is 15. The van der Waals surface area contributed by atoms with Gasteiger partial charge >= 0.3 is 97.5 Å². The summed E-state index contributed by atoms with van der Waals surface area (Å²) >= 11 is 0. The van der Waals surface area contributed by atoms with Gasteiger partial charge in [-0.3, -0.25) is 4.90 Å². The first-order valence-electron chi connectivity index (χ1n) is 7.80. The van der Waals surface area contributed by atoms with Gasteiger partial charge in [-0.2, -0.15) is 0 Å². The maximum atomic E-state index is 11.1. The van der Waals surface area contributed by atoms with Crippen LogP contribution in [-0.4, -0.2) is 78.1 Å². The first-order valence-corrected chi connectivity index (χ1v) is 9.73. The quantitative estimate of drug-likeness (QED) is 0.229. The van der Waals surface area contributed by atoms with Crippen LogP contribution in [0.2, 0.25) is 6.04 Å². The Hall–Kier alpha value is 1.43. The Morgan fingerprint density at radius 3 is 1.59 bits per heavy atom. The molecular formula is C14H25N2Na3O9Si. The molecule has 0 unspecified atom stereocenters. The van der Waals surface area contributed by atoms with Gasteiger partial charge in [0, 0.05) is 70.8 Å². The smallest absolute Gasteiger partial charge is 0.550 e. The molecule has 152 valence electrons. The van der Waals surface area contributed by atoms with Crippen LogP contribution in [0, 0.1) is 0 Å². The van der Waals surface area contributed by atoms with E-state index in [1.54, 1.807) is 0 Å². The van der Waals surface area contributed by atoms with E-state index in [0.29, 0.717) is 0 Å². The number of hydrogen-bond donors (Lipinski definition) is 1. The minimum Gasteiger partial charge on any atom is -0.550 e. The Labute approximate surface area is 238 Å². The molecule has 0 atom stereocenters. The van der Waals surface area contributed by atoms with Crippen molar-refractivity contribution < 1.29 is 132 Å². The summed E-state index contributed by atoms with van der Waals surface area (Å²) in [4.78, 5) is 34.4. The Morgan fingerprint density at radius 2 is 1.31 bits per heavy atom. The molecule has 0 aromatic heterocycles. The maximum Gasteiger partial charge on any atom is 1.00 e. The zero-order valence-electron chi connectivity index (χ0n) is 18.1. The van der Waals surface area contributed by atoms with Crippen molar-refractivity contribution in [1.82, 2.24) is 4.90 Å². The van der Waals surface area contributed by atoms with E-state index in [0.717, 1.165) is 4.90 Å². The van der Waals surface area contributed by atoms with Crippen LogP contribution in [0.5, 0.6) is 0 Å². The number of carbonyl (C=O) groups is 3. The van der Waals surface area contributed by atoms with Gasteiger partial charge in [-0.05, 0) is 13.0 Å². The van der Waals surface area contributed by atoms with Crippen LogP contribution in [0.4, 0.5) is 0 Å². The van der Waals surface area contributed by atoms with E-state index in [1.807, 2.05) is 0 Å². The molecule has 0 heterocycles. The molecule has 0 saturated heterocycles. The molecule has 0 saturated carbocycles. The normalized spacial score (nSPS) is 11.1. The molecule has 0 spiro atoms. The first kappa shape index (κ1) is 37.7. The van der Waals surface area contributed by atoms with Crippen LogP contribution in [-0.2, 0) is 27.7 Å². The monoisotopic (exact) mass is 462 g/mol. The third-order valence-corrected chi connectivity index (χ3v) is 6.99. The van der Waals surface area contributed by atoms with Crippen molar-refractivity contribution in [3.63, 3.8) is 0 Å². The molecule has 0 fully saturated rings. The zero-order chi connectivity index (χ0) is 20.4. The van der Waals surface area contributed by atoms with Gasteiger partial charge in [0.2, 0.25) is 0 Å². The second kappa shape index (κ2) is 18.9. The summed E-state index contributed by atoms with van der Waals surface area (Å²) in [5.41, 5.74) is 3.93. The largest absolute Gasteiger partial charge is 1.00 e. The molecule has 0 amide bonds. The number of nitrogens with zero attached hydrogens (tertiary/aromatic N) is 1. The fourth-order valence-electron chi connectivity index (χ4n) is 2.78. The summed E-state index contributed by atoms with van der Waals surface area (Å²) in [7, 11) is 1.30. The third kappa shape index (κ3) is 13.5. The van der Waals surface area contributed by atoms with Crippen molar-refractivity contribution in [2.45, 2.75) is 30.8 Å². The van der Waals surface area contributed by atoms with E-state index in [4.69, 9.17) is 19.0 Å². The second-order valence-corrected chi connectivity index (χ2v) is 8.81. The number of carbonyl (C=O) groups excluding carboxylic acids is 3. The van der Waals surface area contributed by atoms with Gasteiger partial charge in [0.15, 0.2) is 0 Å². The summed E-state index contributed by atoms with van der Waals surface area (Å²) in [6.07, 6.45) is -1.27. The van der Waals surface area contributed by atoms with Crippen molar-refractivity contribution in [3.05, 3.63) is 0 Å². The minimum atomic E-state index is -2.94. The Bertz CT molecular complexity index is 475. The molecule has 0 bridgehead atoms. The summed E-state index contributed by atoms with van der Waals surface area (Å²) in [5, 5.41) is 33.3. The molecule has 0 radical (unpaired) electrons. The van der Waals surface area contributed by atoms with E-state index in [2.05, 4.69) is 0 Å². The number of carboxylic acid groups (broad SMARTS) is 3. The molecule has 15 heteroatoms. The van der Waals surface area contributed by atoms with E-state index in [1.165, 1.54) is 21.3 Å². The topological polar surface area (TPSA) is 177 Å². The minimum absolute atomic E-state index is 0. The SMILES string of the molecule is CO[Si](CCCN(CC(=O)[O-])C(CN)(CC(=O)[O-])CC(=O)[O-])(OC)OC.[Na+].[Na+].[Na+]. The molecular weight excluding hydrogens is 437 g/mol. The summed E-state index contributed by atoms with van der Waals surface area (Å²) in [5.74, 6) is -4.63. The standard InChI is InChI=1S/C14H28N2O9Si.3Na/c1-23-26(24-2,25-3)6-4-5-16(9-13(21)22)14(10-15,7-11(17)18)8-12(19)20;;;/h4-10,15H2,1-3H3,(H,17,18)(H,19,20)(H,21,22);;;/q;3*+1/p-3. The van der Waals surface area contributed by atoms with Crippen molar-refractivity contribution in [2.24, 2.45) is 5.73 Å². The Kier molecular flexibility index (Phi) is 24.6. The molecule has 0 aromatic rings. The molecule has 11 nitrogen and oxygen atoms in total. The molecule has 2 N–H and O–H groups in total. The van der Waals surface area contributed by atoms with Crippen LogP contribution in [0.15, 0.2) is 0 Å². The van der Waals surface area contributed by atoms with Crippen molar-refractivity contribution in [3.8, 4) is 0 Å². The predicted molar refractivity (Wildman–Crippen MR) is 83.8 cm³/mol. The average Bonchev–Trinajstić information content (AvgIpc) is 2.56. The Balaban J connectivity index is -0.00000104. The van der Waals surface area contributed by atoms with Crippen LogP contribution >= 0.6 is 0 Å². The van der Waals surface area contributed by atoms with Gasteiger partial charge in [0.05, 0.1) is 5.97 Å². The molecule has 0 rings (SSSR count). The van der Waals surface area contributed by atoms with Crippen molar-refractivity contribution >= 4 is 26.7 Å². The van der Waals surface area contributed by atoms with Crippen LogP contribution in [0.25, 0.3) is 0 Å². The second-order valence-electron chi connectivity index (χ2n) is 5.72. The van der Waals surface area contributed by atoms with Crippen LogP contribution in [0.1, 0.15) is 19.3 Å². The van der Waals surface area contributed by atoms with E-state index in [9.17, 15) is 29.7 Å². The van der Waals surface area contributed by atoms with Gasteiger partial charge in [-0.1, -0.05) is 0 Å². The fraction of sp³-hybridized carbons (Fsp3) is 0.786. The molecule has 0 aliphatic heterocycles. The molecule has 0 aliphatic carbocycles. The maximum absolute atomic E-state index is 11.1. The number of aliphatic carboxylic acids is 3. The van der Waals surface area contributed by atoms with E-state index in [-0.39, 0.29) is 108 Å². The van der Waals surface area contributed by atoms with Crippen LogP contribution in [0.3, 0.4) is 0 Å². The van der Waals surface area contributed by atoms with Gasteiger partial charge < -0.3 is 48.7 Å². The van der Waals surface area contributed by atoms with Gasteiger partial charge in [-0.15, -0.1) is 0 Å². The van der Waals surface area contributed by atoms with Gasteiger partial charge in [0.1, 0.15) is 0 Å². The predicted octanol–water partition coefficient (Wildman–Crippen LogP) is -13.7. The number of nitrogens with two attached hydrogens (primary N) is 1. The molecule has 0 aromatic carbocycles. The Morgan fingerprint density at radius 1 is 0.897 bits per heavy atom. The van der Waals surface area contributed by atoms with Crippen molar-refractivity contribution in [1.29, 1.82) is 0 Å². The van der Waals surface area contributed by atoms with E-state index >= 15 is 0 Å². The van der Waals surface area contributed by atoms with Gasteiger partial charge in [-0.25, -0.2) is 0 Å². The summed E-state index contributed by atoms with van der Waals surface area (Å²) in [6.45, 7) is -1.14. The summed E-state index contributed by atoms with van der Waals surface area (Å²) in [6, 6.07) is 0.289. The van der Waals surface area contributed by atoms with Crippen LogP contribution < -0.4 is 110 Å². The molecule has 0 aliphatic rings. The van der Waals surface area contributed by atoms with Gasteiger partial charge in [0.25, 0.3) is 0 Å². The third-order valence-electron chi connectivity index (χ3n) is 4.16. The van der Waals surface area contributed by atoms with Crippen molar-refractivity contribution in [2.75, 3.05) is 41.0 Å². The number of carboxylic acids is 3. The summed E-state index contributed by atoms with van der Waals surface area (Å²) < 4.78 is 15.8. The molecule has 29 heavy (non-hydrogen) atoms. The average molecular weight is 462 g/mol. The number of hydrogen-bond acceptors (Lipinski definition) is 11. The fourth-order valence-corrected chi connectivity index (χ4v) is 4.48. The zero-order valence-corrected chi connectivity index (χ0v) is 25.1. The van der Waals surface area contributed by atoms with E-state index < -0.39 is 58.2 Å².